The Morgan fingerprint density at radius 3 is 2.11 bits per heavy atom. The first-order valence-corrected chi connectivity index (χ1v) is 10.7. The smallest absolute Gasteiger partial charge is 0.243 e. The molecule has 0 aromatic heterocycles. The Morgan fingerprint density at radius 1 is 1.07 bits per heavy atom. The lowest BCUT2D eigenvalue weighted by Gasteiger charge is -2.35. The van der Waals surface area contributed by atoms with Crippen LogP contribution in [-0.2, 0) is 19.6 Å². The molecular formula is C19H32ClN3O4S. The van der Waals surface area contributed by atoms with Gasteiger partial charge in [-0.05, 0) is 49.9 Å². The predicted octanol–water partition coefficient (Wildman–Crippen LogP) is 1.41. The Kier molecular flexibility index (Phi) is 9.36. The number of methoxy groups -OCH3 is 1. The maximum Gasteiger partial charge on any atom is 0.243 e. The highest BCUT2D eigenvalue weighted by Gasteiger charge is 2.32. The van der Waals surface area contributed by atoms with Gasteiger partial charge >= 0.3 is 0 Å². The SMILES string of the molecule is COCCNCC(=O)N1CCN(S(=O)(=O)c2c(C)c(C)cc(C)c2C)CC1.Cl. The van der Waals surface area contributed by atoms with E-state index in [4.69, 9.17) is 4.74 Å². The topological polar surface area (TPSA) is 79.0 Å². The van der Waals surface area contributed by atoms with Crippen molar-refractivity contribution in [1.82, 2.24) is 14.5 Å². The minimum Gasteiger partial charge on any atom is -0.383 e. The predicted molar refractivity (Wildman–Crippen MR) is 113 cm³/mol. The molecule has 0 atom stereocenters. The van der Waals surface area contributed by atoms with Crippen molar-refractivity contribution in [2.75, 3.05) is 53.0 Å². The van der Waals surface area contributed by atoms with Crippen LogP contribution < -0.4 is 5.32 Å². The van der Waals surface area contributed by atoms with Gasteiger partial charge in [-0.1, -0.05) is 6.07 Å². The van der Waals surface area contributed by atoms with Crippen LogP contribution in [0.3, 0.4) is 0 Å². The molecule has 160 valence electrons. The highest BCUT2D eigenvalue weighted by molar-refractivity contribution is 7.89. The summed E-state index contributed by atoms with van der Waals surface area (Å²) in [5.74, 6) is -0.0121. The van der Waals surface area contributed by atoms with E-state index in [0.717, 1.165) is 22.3 Å². The molecule has 0 bridgehead atoms. The van der Waals surface area contributed by atoms with Crippen LogP contribution in [0, 0.1) is 27.7 Å². The van der Waals surface area contributed by atoms with Gasteiger partial charge in [0.2, 0.25) is 15.9 Å². The molecule has 1 aromatic rings. The first kappa shape index (κ1) is 24.8. The standard InChI is InChI=1S/C19H31N3O4S.ClH/c1-14-12-15(2)17(4)19(16(14)3)27(24,25)22-9-7-21(8-10-22)18(23)13-20-6-11-26-5;/h12,20H,6-11,13H2,1-5H3;1H. The summed E-state index contributed by atoms with van der Waals surface area (Å²) in [6.07, 6.45) is 0. The van der Waals surface area contributed by atoms with Gasteiger partial charge in [0.05, 0.1) is 18.0 Å². The summed E-state index contributed by atoms with van der Waals surface area (Å²) in [7, 11) is -1.97. The van der Waals surface area contributed by atoms with E-state index < -0.39 is 10.0 Å². The second-order valence-corrected chi connectivity index (χ2v) is 8.92. The van der Waals surface area contributed by atoms with Gasteiger partial charge in [-0.2, -0.15) is 4.31 Å². The van der Waals surface area contributed by atoms with E-state index in [-0.39, 0.29) is 24.9 Å². The van der Waals surface area contributed by atoms with Crippen molar-refractivity contribution in [3.05, 3.63) is 28.3 Å². The van der Waals surface area contributed by atoms with Gasteiger partial charge in [-0.15, -0.1) is 12.4 Å². The van der Waals surface area contributed by atoms with Gasteiger partial charge in [-0.3, -0.25) is 4.79 Å². The molecule has 0 radical (unpaired) electrons. The van der Waals surface area contributed by atoms with E-state index >= 15 is 0 Å². The van der Waals surface area contributed by atoms with Crippen LogP contribution in [0.2, 0.25) is 0 Å². The van der Waals surface area contributed by atoms with E-state index in [0.29, 0.717) is 44.2 Å². The molecule has 2 rings (SSSR count). The van der Waals surface area contributed by atoms with E-state index in [1.165, 1.54) is 4.31 Å². The second-order valence-electron chi connectivity index (χ2n) is 7.04. The monoisotopic (exact) mass is 433 g/mol. The lowest BCUT2D eigenvalue weighted by Crippen LogP contribution is -2.52. The Hall–Kier alpha value is -1.19. The summed E-state index contributed by atoms with van der Waals surface area (Å²) < 4.78 is 32.9. The fraction of sp³-hybridized carbons (Fsp3) is 0.632. The van der Waals surface area contributed by atoms with Crippen LogP contribution in [0.25, 0.3) is 0 Å². The van der Waals surface area contributed by atoms with E-state index in [2.05, 4.69) is 5.32 Å². The molecule has 1 N–H and O–H groups in total. The van der Waals surface area contributed by atoms with Crippen molar-refractivity contribution in [3.63, 3.8) is 0 Å². The summed E-state index contributed by atoms with van der Waals surface area (Å²) in [5, 5.41) is 3.03. The molecule has 0 aliphatic carbocycles. The molecule has 7 nitrogen and oxygen atoms in total. The highest BCUT2D eigenvalue weighted by Crippen LogP contribution is 2.29. The second kappa shape index (κ2) is 10.5. The first-order chi connectivity index (χ1) is 12.7. The summed E-state index contributed by atoms with van der Waals surface area (Å²) >= 11 is 0. The molecule has 1 heterocycles. The van der Waals surface area contributed by atoms with Crippen LogP contribution in [0.1, 0.15) is 22.3 Å². The zero-order chi connectivity index (χ0) is 20.2. The van der Waals surface area contributed by atoms with Gasteiger partial charge in [-0.25, -0.2) is 8.42 Å². The average molecular weight is 434 g/mol. The molecule has 9 heteroatoms. The normalized spacial score (nSPS) is 15.4. The fourth-order valence-corrected chi connectivity index (χ4v) is 5.35. The molecule has 1 aromatic carbocycles. The Bertz CT molecular complexity index is 765. The molecule has 1 aliphatic rings. The van der Waals surface area contributed by atoms with Crippen molar-refractivity contribution in [2.24, 2.45) is 0 Å². The van der Waals surface area contributed by atoms with Crippen LogP contribution >= 0.6 is 12.4 Å². The third-order valence-electron chi connectivity index (χ3n) is 5.25. The number of sulfonamides is 1. The molecule has 28 heavy (non-hydrogen) atoms. The maximum absolute atomic E-state index is 13.3. The van der Waals surface area contributed by atoms with Crippen LogP contribution in [0.15, 0.2) is 11.0 Å². The Balaban J connectivity index is 0.00000392. The third-order valence-corrected chi connectivity index (χ3v) is 7.42. The van der Waals surface area contributed by atoms with Gasteiger partial charge in [0, 0.05) is 39.8 Å². The summed E-state index contributed by atoms with van der Waals surface area (Å²) in [4.78, 5) is 14.4. The number of amides is 1. The van der Waals surface area contributed by atoms with Gasteiger partial charge in [0.25, 0.3) is 0 Å². The number of piperazine rings is 1. The zero-order valence-corrected chi connectivity index (χ0v) is 19.0. The Labute approximate surface area is 174 Å². The van der Waals surface area contributed by atoms with E-state index in [1.54, 1.807) is 12.0 Å². The fourth-order valence-electron chi connectivity index (χ4n) is 3.36. The van der Waals surface area contributed by atoms with Crippen molar-refractivity contribution in [1.29, 1.82) is 0 Å². The van der Waals surface area contributed by atoms with Crippen molar-refractivity contribution < 1.29 is 17.9 Å². The maximum atomic E-state index is 13.3. The molecule has 0 saturated carbocycles. The number of benzene rings is 1. The average Bonchev–Trinajstić information content (AvgIpc) is 2.63. The minimum atomic E-state index is -3.58. The molecule has 1 aliphatic heterocycles. The van der Waals surface area contributed by atoms with E-state index in [9.17, 15) is 13.2 Å². The largest absolute Gasteiger partial charge is 0.383 e. The number of nitrogens with zero attached hydrogens (tertiary/aromatic N) is 2. The quantitative estimate of drug-likeness (QED) is 0.658. The summed E-state index contributed by atoms with van der Waals surface area (Å²) in [6.45, 7) is 10.5. The van der Waals surface area contributed by atoms with Gasteiger partial charge < -0.3 is 15.0 Å². The van der Waals surface area contributed by atoms with Gasteiger partial charge in [0.15, 0.2) is 0 Å². The van der Waals surface area contributed by atoms with Gasteiger partial charge in [0.1, 0.15) is 0 Å². The minimum absolute atomic E-state index is 0. The highest BCUT2D eigenvalue weighted by atomic mass is 35.5. The first-order valence-electron chi connectivity index (χ1n) is 9.25. The summed E-state index contributed by atoms with van der Waals surface area (Å²) in [5.41, 5.74) is 3.57. The molecule has 1 fully saturated rings. The molecular weight excluding hydrogens is 402 g/mol. The van der Waals surface area contributed by atoms with Crippen molar-refractivity contribution >= 4 is 28.3 Å². The number of hydrogen-bond donors (Lipinski definition) is 1. The molecule has 1 saturated heterocycles. The lowest BCUT2D eigenvalue weighted by atomic mass is 10.0. The summed E-state index contributed by atoms with van der Waals surface area (Å²) in [6, 6.07) is 2.02. The lowest BCUT2D eigenvalue weighted by molar-refractivity contribution is -0.131. The number of hydrogen-bond acceptors (Lipinski definition) is 5. The number of halogens is 1. The number of aryl methyl sites for hydroxylation is 2. The van der Waals surface area contributed by atoms with E-state index in [1.807, 2.05) is 33.8 Å². The Morgan fingerprint density at radius 2 is 1.61 bits per heavy atom. The third kappa shape index (κ3) is 5.45. The number of nitrogens with one attached hydrogen (secondary N) is 1. The number of rotatable bonds is 7. The van der Waals surface area contributed by atoms with Crippen molar-refractivity contribution in [2.45, 2.75) is 32.6 Å². The number of carbonyl (C=O) groups is 1. The molecule has 0 spiro atoms. The van der Waals surface area contributed by atoms with Crippen LogP contribution in [0.4, 0.5) is 0 Å². The molecule has 1 amide bonds. The van der Waals surface area contributed by atoms with Crippen LogP contribution in [-0.4, -0.2) is 76.5 Å². The molecule has 0 unspecified atom stereocenters. The van der Waals surface area contributed by atoms with Crippen molar-refractivity contribution in [3.8, 4) is 0 Å². The van der Waals surface area contributed by atoms with Crippen LogP contribution in [0.5, 0.6) is 0 Å². The number of carbonyl (C=O) groups excluding carboxylic acids is 1. The number of ether oxygens (including phenoxy) is 1. The zero-order valence-electron chi connectivity index (χ0n) is 17.4.